The number of aliphatic carboxylic acids is 1. The van der Waals surface area contributed by atoms with Gasteiger partial charge in [0, 0.05) is 6.42 Å². The number of aryl methyl sites for hydroxylation is 1. The van der Waals surface area contributed by atoms with Gasteiger partial charge >= 0.3 is 5.97 Å². The summed E-state index contributed by atoms with van der Waals surface area (Å²) >= 11 is 0. The molecule has 4 nitrogen and oxygen atoms in total. The molecule has 0 aliphatic carbocycles. The lowest BCUT2D eigenvalue weighted by Gasteiger charge is -2.26. The Morgan fingerprint density at radius 3 is 2.59 bits per heavy atom. The number of carbonyl (C=O) groups is 1. The Balaban J connectivity index is 1.78. The van der Waals surface area contributed by atoms with Crippen LogP contribution in [0, 0.1) is 0 Å². The molecule has 0 radical (unpaired) electrons. The topological polar surface area (TPSA) is 55.8 Å². The molecule has 1 heterocycles. The van der Waals surface area contributed by atoms with Crippen LogP contribution < -0.4 is 4.74 Å². The fourth-order valence-electron chi connectivity index (χ4n) is 1.65. The van der Waals surface area contributed by atoms with Gasteiger partial charge in [-0.2, -0.15) is 0 Å². The van der Waals surface area contributed by atoms with E-state index in [0.717, 1.165) is 17.7 Å². The van der Waals surface area contributed by atoms with Gasteiger partial charge < -0.3 is 14.6 Å². The summed E-state index contributed by atoms with van der Waals surface area (Å²) in [5.41, 5.74) is 1.14. The number of benzene rings is 1. The number of rotatable bonds is 6. The highest BCUT2D eigenvalue weighted by Gasteiger charge is 2.19. The standard InChI is InChI=1S/C13H16O4/c14-13(15)3-1-2-10-4-6-11(7-5-10)17-12-8-16-9-12/h4-7,12H,1-3,8-9H2,(H,14,15). The summed E-state index contributed by atoms with van der Waals surface area (Å²) in [5.74, 6) is 0.107. The van der Waals surface area contributed by atoms with Crippen LogP contribution in [-0.4, -0.2) is 30.4 Å². The van der Waals surface area contributed by atoms with Gasteiger partial charge in [0.2, 0.25) is 0 Å². The van der Waals surface area contributed by atoms with Gasteiger partial charge in [-0.25, -0.2) is 0 Å². The van der Waals surface area contributed by atoms with Crippen LogP contribution in [0.25, 0.3) is 0 Å². The van der Waals surface area contributed by atoms with Crippen LogP contribution in [0.15, 0.2) is 24.3 Å². The van der Waals surface area contributed by atoms with Crippen LogP contribution in [0.5, 0.6) is 5.75 Å². The summed E-state index contributed by atoms with van der Waals surface area (Å²) in [5, 5.41) is 8.54. The summed E-state index contributed by atoms with van der Waals surface area (Å²) in [6.45, 7) is 1.33. The van der Waals surface area contributed by atoms with Gasteiger partial charge in [-0.3, -0.25) is 4.79 Å². The highest BCUT2D eigenvalue weighted by Crippen LogP contribution is 2.17. The van der Waals surface area contributed by atoms with Gasteiger partial charge in [-0.15, -0.1) is 0 Å². The zero-order valence-electron chi connectivity index (χ0n) is 9.59. The molecule has 0 atom stereocenters. The Morgan fingerprint density at radius 1 is 1.35 bits per heavy atom. The highest BCUT2D eigenvalue weighted by atomic mass is 16.6. The lowest BCUT2D eigenvalue weighted by Crippen LogP contribution is -2.38. The third kappa shape index (κ3) is 3.75. The molecule has 92 valence electrons. The van der Waals surface area contributed by atoms with Crippen molar-refractivity contribution in [2.75, 3.05) is 13.2 Å². The Morgan fingerprint density at radius 2 is 2.06 bits per heavy atom. The van der Waals surface area contributed by atoms with E-state index in [9.17, 15) is 4.79 Å². The van der Waals surface area contributed by atoms with Crippen LogP contribution in [-0.2, 0) is 16.0 Å². The second-order valence-electron chi connectivity index (χ2n) is 4.17. The molecule has 1 aromatic carbocycles. The van der Waals surface area contributed by atoms with E-state index in [2.05, 4.69) is 0 Å². The van der Waals surface area contributed by atoms with Crippen LogP contribution in [0.1, 0.15) is 18.4 Å². The molecule has 0 unspecified atom stereocenters. The smallest absolute Gasteiger partial charge is 0.303 e. The van der Waals surface area contributed by atoms with E-state index in [1.807, 2.05) is 24.3 Å². The van der Waals surface area contributed by atoms with E-state index in [1.54, 1.807) is 0 Å². The van der Waals surface area contributed by atoms with Crippen LogP contribution in [0.4, 0.5) is 0 Å². The third-order valence-electron chi connectivity index (χ3n) is 2.69. The minimum atomic E-state index is -0.741. The molecular formula is C13H16O4. The zero-order chi connectivity index (χ0) is 12.1. The summed E-state index contributed by atoms with van der Waals surface area (Å²) in [4.78, 5) is 10.4. The van der Waals surface area contributed by atoms with E-state index >= 15 is 0 Å². The van der Waals surface area contributed by atoms with Crippen LogP contribution in [0.3, 0.4) is 0 Å². The number of ether oxygens (including phenoxy) is 2. The lowest BCUT2D eigenvalue weighted by molar-refractivity contribution is -0.137. The van der Waals surface area contributed by atoms with Crippen molar-refractivity contribution in [2.45, 2.75) is 25.4 Å². The first-order valence-electron chi connectivity index (χ1n) is 5.79. The van der Waals surface area contributed by atoms with E-state index in [1.165, 1.54) is 0 Å². The van der Waals surface area contributed by atoms with Crippen molar-refractivity contribution in [2.24, 2.45) is 0 Å². The van der Waals surface area contributed by atoms with Crippen molar-refractivity contribution in [3.8, 4) is 5.75 Å². The Bertz CT molecular complexity index is 368. The number of hydrogen-bond acceptors (Lipinski definition) is 3. The van der Waals surface area contributed by atoms with Gasteiger partial charge in [0.1, 0.15) is 11.9 Å². The molecule has 1 N–H and O–H groups in total. The fraction of sp³-hybridized carbons (Fsp3) is 0.462. The lowest BCUT2D eigenvalue weighted by atomic mass is 10.1. The van der Waals surface area contributed by atoms with Crippen molar-refractivity contribution in [3.05, 3.63) is 29.8 Å². The van der Waals surface area contributed by atoms with Crippen LogP contribution in [0.2, 0.25) is 0 Å². The van der Waals surface area contributed by atoms with Gasteiger partial charge in [-0.1, -0.05) is 12.1 Å². The quantitative estimate of drug-likeness (QED) is 0.819. The normalized spacial score (nSPS) is 15.3. The molecule has 1 saturated heterocycles. The molecule has 17 heavy (non-hydrogen) atoms. The maximum Gasteiger partial charge on any atom is 0.303 e. The number of carboxylic acid groups (broad SMARTS) is 1. The average Bonchev–Trinajstić information content (AvgIpc) is 2.25. The van der Waals surface area contributed by atoms with Crippen molar-refractivity contribution in [3.63, 3.8) is 0 Å². The molecule has 0 aromatic heterocycles. The van der Waals surface area contributed by atoms with Crippen molar-refractivity contribution in [1.82, 2.24) is 0 Å². The summed E-state index contributed by atoms with van der Waals surface area (Å²) < 4.78 is 10.7. The first-order valence-corrected chi connectivity index (χ1v) is 5.79. The monoisotopic (exact) mass is 236 g/mol. The summed E-state index contributed by atoms with van der Waals surface area (Å²) in [6.07, 6.45) is 1.87. The molecule has 1 fully saturated rings. The second-order valence-corrected chi connectivity index (χ2v) is 4.17. The second kappa shape index (κ2) is 5.68. The van der Waals surface area contributed by atoms with Gasteiger partial charge in [0.05, 0.1) is 13.2 Å². The van der Waals surface area contributed by atoms with E-state index in [-0.39, 0.29) is 12.5 Å². The summed E-state index contributed by atoms with van der Waals surface area (Å²) in [6, 6.07) is 7.82. The number of carboxylic acids is 1. The van der Waals surface area contributed by atoms with Crippen molar-refractivity contribution >= 4 is 5.97 Å². The average molecular weight is 236 g/mol. The maximum atomic E-state index is 10.4. The molecular weight excluding hydrogens is 220 g/mol. The molecule has 1 aromatic rings. The predicted molar refractivity (Wildman–Crippen MR) is 62.3 cm³/mol. The highest BCUT2D eigenvalue weighted by molar-refractivity contribution is 5.66. The molecule has 0 bridgehead atoms. The van der Waals surface area contributed by atoms with Gasteiger partial charge in [0.25, 0.3) is 0 Å². The van der Waals surface area contributed by atoms with Crippen LogP contribution >= 0.6 is 0 Å². The zero-order valence-corrected chi connectivity index (χ0v) is 9.59. The molecule has 0 spiro atoms. The Labute approximate surface area is 100 Å². The maximum absolute atomic E-state index is 10.4. The largest absolute Gasteiger partial charge is 0.486 e. The summed E-state index contributed by atoms with van der Waals surface area (Å²) in [7, 11) is 0. The van der Waals surface area contributed by atoms with Gasteiger partial charge in [-0.05, 0) is 30.5 Å². The van der Waals surface area contributed by atoms with Crippen molar-refractivity contribution < 1.29 is 19.4 Å². The van der Waals surface area contributed by atoms with E-state index in [0.29, 0.717) is 19.6 Å². The van der Waals surface area contributed by atoms with Crippen molar-refractivity contribution in [1.29, 1.82) is 0 Å². The van der Waals surface area contributed by atoms with E-state index < -0.39 is 5.97 Å². The first kappa shape index (κ1) is 11.9. The Kier molecular flexibility index (Phi) is 3.98. The molecule has 0 amide bonds. The molecule has 1 aliphatic heterocycles. The molecule has 2 rings (SSSR count). The minimum Gasteiger partial charge on any atom is -0.486 e. The SMILES string of the molecule is O=C(O)CCCc1ccc(OC2COC2)cc1. The molecule has 4 heteroatoms. The minimum absolute atomic E-state index is 0.188. The number of hydrogen-bond donors (Lipinski definition) is 1. The molecule has 1 aliphatic rings. The predicted octanol–water partition coefficient (Wildman–Crippen LogP) is 1.87. The molecule has 0 saturated carbocycles. The van der Waals surface area contributed by atoms with E-state index in [4.69, 9.17) is 14.6 Å². The Hall–Kier alpha value is -1.55. The first-order chi connectivity index (χ1) is 8.24. The fourth-order valence-corrected chi connectivity index (χ4v) is 1.65. The van der Waals surface area contributed by atoms with Gasteiger partial charge in [0.15, 0.2) is 0 Å². The third-order valence-corrected chi connectivity index (χ3v) is 2.69.